The Hall–Kier alpha value is -0.800. The Morgan fingerprint density at radius 1 is 1.35 bits per heavy atom. The average molecular weight is 300 g/mol. The zero-order valence-corrected chi connectivity index (χ0v) is 9.44. The highest BCUT2D eigenvalue weighted by molar-refractivity contribution is 6.26. The van der Waals surface area contributed by atoms with Crippen molar-refractivity contribution in [1.82, 2.24) is 5.43 Å². The Kier molecular flexibility index (Phi) is 4.99. The van der Waals surface area contributed by atoms with Gasteiger partial charge >= 0.3 is 16.8 Å². The SMILES string of the molecule is NC(=O)N/N=C\CC(O)(C(F)(F)Cl)C(F)(F)Cl. The summed E-state index contributed by atoms with van der Waals surface area (Å²) >= 11 is 8.69. The highest BCUT2D eigenvalue weighted by atomic mass is 35.5. The van der Waals surface area contributed by atoms with E-state index >= 15 is 0 Å². The van der Waals surface area contributed by atoms with E-state index in [1.807, 2.05) is 0 Å². The third kappa shape index (κ3) is 4.17. The molecular formula is C6H7Cl2F4N3O2. The largest absolute Gasteiger partial charge is 0.376 e. The van der Waals surface area contributed by atoms with Gasteiger partial charge in [-0.3, -0.25) is 0 Å². The summed E-state index contributed by atoms with van der Waals surface area (Å²) in [5.41, 5.74) is 2.02. The first-order valence-corrected chi connectivity index (χ1v) is 4.60. The molecule has 0 fully saturated rings. The van der Waals surface area contributed by atoms with Gasteiger partial charge in [-0.25, -0.2) is 10.2 Å². The smallest absolute Gasteiger partial charge is 0.357 e. The zero-order chi connectivity index (χ0) is 13.9. The van der Waals surface area contributed by atoms with Gasteiger partial charge in [-0.15, -0.1) is 0 Å². The average Bonchev–Trinajstić information content (AvgIpc) is 2.07. The number of carbonyl (C=O) groups is 1. The van der Waals surface area contributed by atoms with Crippen LogP contribution < -0.4 is 11.2 Å². The van der Waals surface area contributed by atoms with E-state index in [4.69, 9.17) is 5.11 Å². The number of alkyl halides is 6. The van der Waals surface area contributed by atoms with E-state index in [9.17, 15) is 22.4 Å². The maximum atomic E-state index is 12.6. The molecule has 0 aliphatic rings. The topological polar surface area (TPSA) is 87.7 Å². The molecule has 11 heteroatoms. The van der Waals surface area contributed by atoms with Crippen molar-refractivity contribution in [1.29, 1.82) is 0 Å². The molecular weight excluding hydrogens is 293 g/mol. The van der Waals surface area contributed by atoms with E-state index in [0.717, 1.165) is 0 Å². The lowest BCUT2D eigenvalue weighted by Gasteiger charge is -2.33. The van der Waals surface area contributed by atoms with E-state index < -0.39 is 28.8 Å². The number of hydrogen-bond donors (Lipinski definition) is 3. The normalized spacial score (nSPS) is 14.1. The summed E-state index contributed by atoms with van der Waals surface area (Å²) in [6.45, 7) is 0. The molecule has 0 aliphatic carbocycles. The van der Waals surface area contributed by atoms with Crippen LogP contribution in [-0.2, 0) is 0 Å². The predicted molar refractivity (Wildman–Crippen MR) is 52.4 cm³/mol. The van der Waals surface area contributed by atoms with Crippen LogP contribution in [0.3, 0.4) is 0 Å². The number of nitrogens with zero attached hydrogens (tertiary/aromatic N) is 1. The van der Waals surface area contributed by atoms with Gasteiger partial charge in [0.2, 0.25) is 5.60 Å². The number of nitrogens with two attached hydrogens (primary N) is 1. The quantitative estimate of drug-likeness (QED) is 0.310. The molecule has 0 aromatic carbocycles. The summed E-state index contributed by atoms with van der Waals surface area (Å²) in [5.74, 6) is 0. The minimum Gasteiger partial charge on any atom is -0.376 e. The van der Waals surface area contributed by atoms with E-state index in [-0.39, 0.29) is 0 Å². The van der Waals surface area contributed by atoms with Crippen molar-refractivity contribution in [2.24, 2.45) is 10.8 Å². The molecule has 0 unspecified atom stereocenters. The third-order valence-corrected chi connectivity index (χ3v) is 2.22. The number of hydrazone groups is 1. The Morgan fingerprint density at radius 2 is 1.76 bits per heavy atom. The van der Waals surface area contributed by atoms with Gasteiger partial charge in [0.1, 0.15) is 0 Å². The molecule has 4 N–H and O–H groups in total. The van der Waals surface area contributed by atoms with Gasteiger partial charge in [0, 0.05) is 12.6 Å². The van der Waals surface area contributed by atoms with Gasteiger partial charge < -0.3 is 10.8 Å². The molecule has 17 heavy (non-hydrogen) atoms. The van der Waals surface area contributed by atoms with E-state index in [0.29, 0.717) is 6.21 Å². The number of urea groups is 1. The monoisotopic (exact) mass is 299 g/mol. The predicted octanol–water partition coefficient (Wildman–Crippen LogP) is 1.42. The number of rotatable bonds is 5. The van der Waals surface area contributed by atoms with Gasteiger partial charge in [0.25, 0.3) is 0 Å². The van der Waals surface area contributed by atoms with Gasteiger partial charge in [0.15, 0.2) is 0 Å². The van der Waals surface area contributed by atoms with Gasteiger partial charge in [-0.05, 0) is 23.2 Å². The van der Waals surface area contributed by atoms with Gasteiger partial charge in [-0.1, -0.05) is 0 Å². The first-order valence-electron chi connectivity index (χ1n) is 3.84. The second-order valence-corrected chi connectivity index (χ2v) is 3.80. The zero-order valence-electron chi connectivity index (χ0n) is 7.93. The summed E-state index contributed by atoms with van der Waals surface area (Å²) in [7, 11) is 0. The molecule has 0 bridgehead atoms. The van der Waals surface area contributed by atoms with Crippen molar-refractivity contribution in [2.75, 3.05) is 0 Å². The first-order chi connectivity index (χ1) is 7.42. The lowest BCUT2D eigenvalue weighted by molar-refractivity contribution is -0.212. The van der Waals surface area contributed by atoms with Crippen LogP contribution in [0.1, 0.15) is 6.42 Å². The highest BCUT2D eigenvalue weighted by Gasteiger charge is 2.66. The van der Waals surface area contributed by atoms with Crippen LogP contribution >= 0.6 is 23.2 Å². The van der Waals surface area contributed by atoms with Gasteiger partial charge in [0.05, 0.1) is 0 Å². The molecule has 100 valence electrons. The number of primary amides is 1. The van der Waals surface area contributed by atoms with Crippen LogP contribution in [0.5, 0.6) is 0 Å². The molecule has 0 radical (unpaired) electrons. The Balaban J connectivity index is 4.88. The summed E-state index contributed by atoms with van der Waals surface area (Å²) < 4.78 is 50.5. The fourth-order valence-corrected chi connectivity index (χ4v) is 1.12. The van der Waals surface area contributed by atoms with Crippen LogP contribution in [0.2, 0.25) is 0 Å². The van der Waals surface area contributed by atoms with Crippen molar-refractivity contribution in [3.05, 3.63) is 0 Å². The van der Waals surface area contributed by atoms with E-state index in [2.05, 4.69) is 34.0 Å². The minimum atomic E-state index is -4.71. The third-order valence-electron chi connectivity index (χ3n) is 1.59. The standard InChI is InChI=1S/C6H7Cl2F4N3O2/c7-5(9,10)4(17,6(8,11)12)1-2-14-15-3(13)16/h2,17H,1H2,(H3,13,15,16)/b14-2-. The van der Waals surface area contributed by atoms with E-state index in [1.54, 1.807) is 5.43 Å². The van der Waals surface area contributed by atoms with Crippen LogP contribution in [0.4, 0.5) is 22.4 Å². The maximum absolute atomic E-state index is 12.6. The summed E-state index contributed by atoms with van der Waals surface area (Å²) in [5, 5.41) is 2.52. The van der Waals surface area contributed by atoms with Crippen molar-refractivity contribution in [2.45, 2.75) is 22.8 Å². The minimum absolute atomic E-state index is 0.358. The molecule has 0 rings (SSSR count). The number of halogens is 6. The number of amides is 2. The van der Waals surface area contributed by atoms with Crippen LogP contribution in [-0.4, -0.2) is 33.7 Å². The second-order valence-electron chi connectivity index (χ2n) is 2.85. The molecule has 0 aromatic rings. The molecule has 0 heterocycles. The molecule has 0 saturated heterocycles. The first kappa shape index (κ1) is 16.2. The molecule has 2 amide bonds. The summed E-state index contributed by atoms with van der Waals surface area (Å²) in [4.78, 5) is 10.1. The lowest BCUT2D eigenvalue weighted by atomic mass is 10.0. The number of aliphatic hydroxyl groups is 1. The fourth-order valence-electron chi connectivity index (χ4n) is 0.679. The summed E-state index contributed by atoms with van der Waals surface area (Å²) in [6.07, 6.45) is -1.06. The highest BCUT2D eigenvalue weighted by Crippen LogP contribution is 2.47. The van der Waals surface area contributed by atoms with Crippen LogP contribution in [0.15, 0.2) is 5.10 Å². The van der Waals surface area contributed by atoms with Crippen LogP contribution in [0.25, 0.3) is 0 Å². The van der Waals surface area contributed by atoms with Gasteiger partial charge in [-0.2, -0.15) is 22.7 Å². The molecule has 5 nitrogen and oxygen atoms in total. The molecule has 0 spiro atoms. The number of hydrogen-bond acceptors (Lipinski definition) is 3. The molecule has 0 aliphatic heterocycles. The molecule has 0 atom stereocenters. The fraction of sp³-hybridized carbons (Fsp3) is 0.667. The second kappa shape index (κ2) is 5.23. The maximum Gasteiger partial charge on any atom is 0.357 e. The Bertz CT molecular complexity index is 301. The van der Waals surface area contributed by atoms with Crippen molar-refractivity contribution >= 4 is 35.4 Å². The number of nitrogens with one attached hydrogen (secondary N) is 1. The molecule has 0 aromatic heterocycles. The van der Waals surface area contributed by atoms with E-state index in [1.165, 1.54) is 0 Å². The van der Waals surface area contributed by atoms with Crippen LogP contribution in [0, 0.1) is 0 Å². The van der Waals surface area contributed by atoms with Crippen molar-refractivity contribution in [3.8, 4) is 0 Å². The molecule has 0 saturated carbocycles. The summed E-state index contributed by atoms with van der Waals surface area (Å²) in [6, 6.07) is -1.15. The Morgan fingerprint density at radius 3 is 2.06 bits per heavy atom. The number of carbonyl (C=O) groups excluding carboxylic acids is 1. The van der Waals surface area contributed by atoms with Crippen molar-refractivity contribution < 1.29 is 27.5 Å². The van der Waals surface area contributed by atoms with Crippen molar-refractivity contribution in [3.63, 3.8) is 0 Å². The Labute approximate surface area is 103 Å². The lowest BCUT2D eigenvalue weighted by Crippen LogP contribution is -2.56.